The molecule has 2 aromatic rings. The van der Waals surface area contributed by atoms with Gasteiger partial charge in [-0.3, -0.25) is 0 Å². The summed E-state index contributed by atoms with van der Waals surface area (Å²) in [7, 11) is -1.88. The molecule has 0 bridgehead atoms. The highest BCUT2D eigenvalue weighted by Crippen LogP contribution is 2.29. The number of hydrogen-bond donors (Lipinski definition) is 2. The molecule has 1 saturated heterocycles. The Morgan fingerprint density at radius 1 is 1.25 bits per heavy atom. The van der Waals surface area contributed by atoms with E-state index in [2.05, 4.69) is 10.6 Å². The second kappa shape index (κ2) is 9.40. The molecule has 1 fully saturated rings. The fourth-order valence-corrected chi connectivity index (χ4v) is 6.15. The van der Waals surface area contributed by atoms with Crippen LogP contribution in [0.3, 0.4) is 0 Å². The van der Waals surface area contributed by atoms with Crippen molar-refractivity contribution in [1.29, 1.82) is 0 Å². The Bertz CT molecular complexity index is 867. The summed E-state index contributed by atoms with van der Waals surface area (Å²) >= 11 is 1.24. The number of amides is 2. The fourth-order valence-electron chi connectivity index (χ4n) is 3.31. The highest BCUT2D eigenvalue weighted by molar-refractivity contribution is 7.91. The molecule has 2 heterocycles. The fraction of sp³-hybridized carbons (Fsp3) is 0.421. The van der Waals surface area contributed by atoms with E-state index < -0.39 is 10.0 Å². The Morgan fingerprint density at radius 2 is 2.04 bits per heavy atom. The number of carbonyl (C=O) groups excluding carboxylic acids is 1. The number of anilines is 1. The molecule has 3 rings (SSSR count). The number of benzene rings is 1. The molecule has 0 radical (unpaired) electrons. The minimum Gasteiger partial charge on any atom is -0.497 e. The first-order chi connectivity index (χ1) is 13.5. The monoisotopic (exact) mass is 423 g/mol. The van der Waals surface area contributed by atoms with E-state index in [1.54, 1.807) is 53.2 Å². The van der Waals surface area contributed by atoms with Crippen LogP contribution in [0.25, 0.3) is 0 Å². The van der Waals surface area contributed by atoms with E-state index in [-0.39, 0.29) is 12.1 Å². The topological polar surface area (TPSA) is 87.7 Å². The van der Waals surface area contributed by atoms with Crippen LogP contribution in [0, 0.1) is 0 Å². The number of methoxy groups -OCH3 is 1. The van der Waals surface area contributed by atoms with Gasteiger partial charge in [0.1, 0.15) is 9.96 Å². The lowest BCUT2D eigenvalue weighted by molar-refractivity contribution is 0.234. The number of urea groups is 1. The van der Waals surface area contributed by atoms with Gasteiger partial charge < -0.3 is 15.4 Å². The lowest BCUT2D eigenvalue weighted by Gasteiger charge is -2.34. The first-order valence-corrected chi connectivity index (χ1v) is 11.6. The van der Waals surface area contributed by atoms with Crippen LogP contribution in [-0.4, -0.2) is 45.0 Å². The standard InChI is InChI=1S/C19H25N3O4S2/c1-26-17-9-7-15(8-10-17)21-19(23)20-12-11-16-5-2-3-13-22(16)28(24,25)18-6-4-14-27-18/h4,6-10,14,16H,2-3,5,11-13H2,1H3,(H2,20,21,23). The zero-order chi connectivity index (χ0) is 20.0. The van der Waals surface area contributed by atoms with Gasteiger partial charge in [0.2, 0.25) is 0 Å². The Kier molecular flexibility index (Phi) is 6.93. The van der Waals surface area contributed by atoms with Gasteiger partial charge in [0, 0.05) is 24.8 Å². The summed E-state index contributed by atoms with van der Waals surface area (Å²) in [6.07, 6.45) is 3.26. The van der Waals surface area contributed by atoms with E-state index in [1.807, 2.05) is 0 Å². The zero-order valence-corrected chi connectivity index (χ0v) is 17.4. The van der Waals surface area contributed by atoms with Crippen molar-refractivity contribution in [1.82, 2.24) is 9.62 Å². The first kappa shape index (κ1) is 20.6. The van der Waals surface area contributed by atoms with E-state index >= 15 is 0 Å². The third-order valence-electron chi connectivity index (χ3n) is 4.74. The van der Waals surface area contributed by atoms with Crippen molar-refractivity contribution < 1.29 is 17.9 Å². The second-order valence-corrected chi connectivity index (χ2v) is 9.66. The van der Waals surface area contributed by atoms with Crippen LogP contribution in [-0.2, 0) is 10.0 Å². The number of carbonyl (C=O) groups is 1. The highest BCUT2D eigenvalue weighted by atomic mass is 32.2. The minimum absolute atomic E-state index is 0.0952. The number of nitrogens with one attached hydrogen (secondary N) is 2. The van der Waals surface area contributed by atoms with Gasteiger partial charge in [0.05, 0.1) is 7.11 Å². The van der Waals surface area contributed by atoms with E-state index in [0.29, 0.717) is 29.4 Å². The summed E-state index contributed by atoms with van der Waals surface area (Å²) in [5.74, 6) is 0.718. The van der Waals surface area contributed by atoms with Crippen molar-refractivity contribution in [2.75, 3.05) is 25.5 Å². The summed E-state index contributed by atoms with van der Waals surface area (Å²) in [6.45, 7) is 0.937. The van der Waals surface area contributed by atoms with Crippen LogP contribution in [0.2, 0.25) is 0 Å². The van der Waals surface area contributed by atoms with Crippen LogP contribution >= 0.6 is 11.3 Å². The maximum Gasteiger partial charge on any atom is 0.319 e. The summed E-state index contributed by atoms with van der Waals surface area (Å²) in [5.41, 5.74) is 0.665. The largest absolute Gasteiger partial charge is 0.497 e. The van der Waals surface area contributed by atoms with Gasteiger partial charge in [0.15, 0.2) is 0 Å². The molecule has 1 aliphatic heterocycles. The quantitative estimate of drug-likeness (QED) is 0.713. The summed E-state index contributed by atoms with van der Waals surface area (Å²) in [6, 6.07) is 10.0. The molecule has 0 saturated carbocycles. The summed E-state index contributed by atoms with van der Waals surface area (Å²) in [4.78, 5) is 12.1. The predicted octanol–water partition coefficient (Wildman–Crippen LogP) is 3.51. The number of rotatable bonds is 7. The van der Waals surface area contributed by atoms with Crippen molar-refractivity contribution >= 4 is 33.1 Å². The van der Waals surface area contributed by atoms with E-state index in [9.17, 15) is 13.2 Å². The van der Waals surface area contributed by atoms with Gasteiger partial charge in [0.25, 0.3) is 10.0 Å². The molecule has 1 aromatic carbocycles. The number of thiophene rings is 1. The van der Waals surface area contributed by atoms with Gasteiger partial charge in [-0.1, -0.05) is 12.5 Å². The summed E-state index contributed by atoms with van der Waals surface area (Å²) < 4.78 is 32.8. The number of ether oxygens (including phenoxy) is 1. The van der Waals surface area contributed by atoms with Crippen LogP contribution in [0.5, 0.6) is 5.75 Å². The molecular weight excluding hydrogens is 398 g/mol. The van der Waals surface area contributed by atoms with Gasteiger partial charge in [-0.15, -0.1) is 11.3 Å². The molecule has 1 unspecified atom stereocenters. The maximum atomic E-state index is 12.9. The van der Waals surface area contributed by atoms with E-state index in [0.717, 1.165) is 25.0 Å². The van der Waals surface area contributed by atoms with Crippen LogP contribution in [0.15, 0.2) is 46.0 Å². The molecule has 1 atom stereocenters. The SMILES string of the molecule is COc1ccc(NC(=O)NCCC2CCCCN2S(=O)(=O)c2cccs2)cc1. The lowest BCUT2D eigenvalue weighted by atomic mass is 10.0. The Hall–Kier alpha value is -2.10. The molecule has 1 aliphatic rings. The minimum atomic E-state index is -3.46. The van der Waals surface area contributed by atoms with Gasteiger partial charge in [-0.2, -0.15) is 4.31 Å². The van der Waals surface area contributed by atoms with Crippen molar-refractivity contribution in [3.8, 4) is 5.75 Å². The molecule has 7 nitrogen and oxygen atoms in total. The number of nitrogens with zero attached hydrogens (tertiary/aromatic N) is 1. The first-order valence-electron chi connectivity index (χ1n) is 9.25. The van der Waals surface area contributed by atoms with Crippen molar-refractivity contribution in [3.05, 3.63) is 41.8 Å². The third-order valence-corrected chi connectivity index (χ3v) is 8.07. The Labute approximate surface area is 169 Å². The Balaban J connectivity index is 1.52. The highest BCUT2D eigenvalue weighted by Gasteiger charge is 2.33. The van der Waals surface area contributed by atoms with Crippen LogP contribution in [0.1, 0.15) is 25.7 Å². The molecule has 2 amide bonds. The third kappa shape index (κ3) is 5.03. The number of piperidine rings is 1. The average Bonchev–Trinajstić information content (AvgIpc) is 3.25. The molecule has 0 spiro atoms. The van der Waals surface area contributed by atoms with Crippen molar-refractivity contribution in [2.24, 2.45) is 0 Å². The van der Waals surface area contributed by atoms with E-state index in [1.165, 1.54) is 11.3 Å². The van der Waals surface area contributed by atoms with E-state index in [4.69, 9.17) is 4.74 Å². The molecule has 0 aliphatic carbocycles. The molecule has 9 heteroatoms. The van der Waals surface area contributed by atoms with Gasteiger partial charge in [-0.05, 0) is 55.0 Å². The van der Waals surface area contributed by atoms with Crippen molar-refractivity contribution in [3.63, 3.8) is 0 Å². The predicted molar refractivity (Wildman–Crippen MR) is 110 cm³/mol. The zero-order valence-electron chi connectivity index (χ0n) is 15.8. The second-order valence-electron chi connectivity index (χ2n) is 6.60. The maximum absolute atomic E-state index is 12.9. The number of sulfonamides is 1. The number of hydrogen-bond acceptors (Lipinski definition) is 5. The molecular formula is C19H25N3O4S2. The molecule has 152 valence electrons. The molecule has 1 aromatic heterocycles. The Morgan fingerprint density at radius 3 is 2.71 bits per heavy atom. The van der Waals surface area contributed by atoms with Gasteiger partial charge in [-0.25, -0.2) is 13.2 Å². The van der Waals surface area contributed by atoms with Crippen LogP contribution < -0.4 is 15.4 Å². The normalized spacial score (nSPS) is 17.8. The van der Waals surface area contributed by atoms with Gasteiger partial charge >= 0.3 is 6.03 Å². The molecule has 28 heavy (non-hydrogen) atoms. The smallest absolute Gasteiger partial charge is 0.319 e. The average molecular weight is 424 g/mol. The van der Waals surface area contributed by atoms with Crippen molar-refractivity contribution in [2.45, 2.75) is 35.9 Å². The van der Waals surface area contributed by atoms with Crippen LogP contribution in [0.4, 0.5) is 10.5 Å². The lowest BCUT2D eigenvalue weighted by Crippen LogP contribution is -2.45. The summed E-state index contributed by atoms with van der Waals surface area (Å²) in [5, 5.41) is 7.35. The molecule has 2 N–H and O–H groups in total.